The number of halogens is 2. The number of hydrogen-bond donors (Lipinski definition) is 1. The second kappa shape index (κ2) is 4.29. The van der Waals surface area contributed by atoms with Gasteiger partial charge in [-0.15, -0.1) is 0 Å². The maximum Gasteiger partial charge on any atom is 0.172 e. The summed E-state index contributed by atoms with van der Waals surface area (Å²) in [4.78, 5) is 7.69. The lowest BCUT2D eigenvalue weighted by Gasteiger charge is -1.94. The van der Waals surface area contributed by atoms with E-state index >= 15 is 0 Å². The first-order valence-corrected chi connectivity index (χ1v) is 4.57. The van der Waals surface area contributed by atoms with Crippen LogP contribution in [0.5, 0.6) is 0 Å². The minimum absolute atomic E-state index is 0.191. The lowest BCUT2D eigenvalue weighted by atomic mass is 10.4. The normalized spacial score (nSPS) is 8.83. The number of nitrogen functional groups attached to an aromatic ring is 1. The van der Waals surface area contributed by atoms with E-state index in [1.54, 1.807) is 0 Å². The molecule has 0 aliphatic carbocycles. The molecule has 1 heterocycles. The third-order valence-electron chi connectivity index (χ3n) is 1.04. The molecule has 0 saturated carbocycles. The fourth-order valence-corrected chi connectivity index (χ4v) is 0.840. The van der Waals surface area contributed by atoms with Gasteiger partial charge in [-0.05, 0) is 5.92 Å². The topological polar surface area (TPSA) is 51.8 Å². The van der Waals surface area contributed by atoms with Gasteiger partial charge < -0.3 is 5.73 Å². The van der Waals surface area contributed by atoms with Gasteiger partial charge in [0, 0.05) is 0 Å². The summed E-state index contributed by atoms with van der Waals surface area (Å²) in [5.41, 5.74) is 5.88. The van der Waals surface area contributed by atoms with E-state index in [1.807, 2.05) is 0 Å². The van der Waals surface area contributed by atoms with Crippen molar-refractivity contribution in [3.05, 3.63) is 17.0 Å². The highest BCUT2D eigenvalue weighted by atomic mass is 79.9. The van der Waals surface area contributed by atoms with Crippen LogP contribution in [0.4, 0.5) is 5.82 Å². The Morgan fingerprint density at radius 3 is 3.00 bits per heavy atom. The van der Waals surface area contributed by atoms with Crippen molar-refractivity contribution in [1.29, 1.82) is 0 Å². The smallest absolute Gasteiger partial charge is 0.172 e. The van der Waals surface area contributed by atoms with Gasteiger partial charge in [0.15, 0.2) is 11.0 Å². The zero-order valence-electron chi connectivity index (χ0n) is 6.01. The fraction of sp³-hybridized carbons (Fsp3) is 0.143. The summed E-state index contributed by atoms with van der Waals surface area (Å²) in [7, 11) is 0. The molecule has 0 aliphatic rings. The summed E-state index contributed by atoms with van der Waals surface area (Å²) in [5, 5.41) is 0.785. The van der Waals surface area contributed by atoms with Crippen LogP contribution in [0, 0.1) is 11.8 Å². The van der Waals surface area contributed by atoms with E-state index in [0.717, 1.165) is 0 Å². The number of nitrogens with two attached hydrogens (primary N) is 1. The first-order valence-electron chi connectivity index (χ1n) is 3.07. The molecule has 5 heteroatoms. The first kappa shape index (κ1) is 9.30. The van der Waals surface area contributed by atoms with Crippen LogP contribution in [-0.2, 0) is 0 Å². The third-order valence-corrected chi connectivity index (χ3v) is 1.60. The van der Waals surface area contributed by atoms with E-state index < -0.39 is 0 Å². The average Bonchev–Trinajstić information content (AvgIpc) is 2.07. The third kappa shape index (κ3) is 2.36. The zero-order valence-corrected chi connectivity index (χ0v) is 8.35. The molecule has 1 rings (SSSR count). The molecule has 3 nitrogen and oxygen atoms in total. The average molecular weight is 246 g/mol. The van der Waals surface area contributed by atoms with E-state index in [1.165, 1.54) is 6.20 Å². The van der Waals surface area contributed by atoms with Crippen molar-refractivity contribution in [2.24, 2.45) is 0 Å². The molecule has 0 spiro atoms. The van der Waals surface area contributed by atoms with Gasteiger partial charge in [-0.25, -0.2) is 9.97 Å². The van der Waals surface area contributed by atoms with E-state index in [-0.39, 0.29) is 11.0 Å². The van der Waals surface area contributed by atoms with Gasteiger partial charge in [0.1, 0.15) is 5.69 Å². The monoisotopic (exact) mass is 245 g/mol. The molecule has 62 valence electrons. The highest BCUT2D eigenvalue weighted by Gasteiger charge is 1.97. The van der Waals surface area contributed by atoms with Crippen molar-refractivity contribution < 1.29 is 0 Å². The summed E-state index contributed by atoms with van der Waals surface area (Å²) < 4.78 is 0. The molecular formula is C7H5BrClN3. The SMILES string of the molecule is Nc1ncc(C#CCBr)nc1Cl. The van der Waals surface area contributed by atoms with Crippen LogP contribution >= 0.6 is 27.5 Å². The maximum atomic E-state index is 5.61. The number of nitrogens with zero attached hydrogens (tertiary/aromatic N) is 2. The summed E-state index contributed by atoms with van der Waals surface area (Å²) in [6, 6.07) is 0. The number of hydrogen-bond acceptors (Lipinski definition) is 3. The predicted molar refractivity (Wildman–Crippen MR) is 52.1 cm³/mol. The second-order valence-corrected chi connectivity index (χ2v) is 2.79. The summed E-state index contributed by atoms with van der Waals surface area (Å²) in [6.07, 6.45) is 1.48. The minimum atomic E-state index is 0.191. The highest BCUT2D eigenvalue weighted by Crippen LogP contribution is 2.10. The van der Waals surface area contributed by atoms with Crippen LogP contribution in [0.2, 0.25) is 5.15 Å². The Morgan fingerprint density at radius 2 is 2.42 bits per heavy atom. The van der Waals surface area contributed by atoms with E-state index in [2.05, 4.69) is 37.7 Å². The maximum absolute atomic E-state index is 5.61. The van der Waals surface area contributed by atoms with E-state index in [0.29, 0.717) is 11.0 Å². The van der Waals surface area contributed by atoms with Crippen molar-refractivity contribution in [3.63, 3.8) is 0 Å². The molecule has 0 fully saturated rings. The van der Waals surface area contributed by atoms with Gasteiger partial charge in [0.2, 0.25) is 0 Å². The number of alkyl halides is 1. The molecule has 0 bridgehead atoms. The Balaban J connectivity index is 2.97. The lowest BCUT2D eigenvalue weighted by molar-refractivity contribution is 1.18. The lowest BCUT2D eigenvalue weighted by Crippen LogP contribution is -1.95. The van der Waals surface area contributed by atoms with Gasteiger partial charge in [-0.3, -0.25) is 0 Å². The first-order chi connectivity index (χ1) is 5.74. The van der Waals surface area contributed by atoms with Gasteiger partial charge in [0.05, 0.1) is 11.5 Å². The molecule has 0 saturated heterocycles. The van der Waals surface area contributed by atoms with Gasteiger partial charge in [-0.2, -0.15) is 0 Å². The van der Waals surface area contributed by atoms with Crippen molar-refractivity contribution in [2.75, 3.05) is 11.1 Å². The molecule has 0 radical (unpaired) electrons. The molecule has 0 unspecified atom stereocenters. The van der Waals surface area contributed by atoms with Crippen molar-refractivity contribution >= 4 is 33.3 Å². The quantitative estimate of drug-likeness (QED) is 0.557. The molecule has 1 aromatic rings. The molecule has 0 aromatic carbocycles. The largest absolute Gasteiger partial charge is 0.381 e. The van der Waals surface area contributed by atoms with E-state index in [4.69, 9.17) is 17.3 Å². The van der Waals surface area contributed by atoms with Gasteiger partial charge in [0.25, 0.3) is 0 Å². The molecule has 2 N–H and O–H groups in total. The Morgan fingerprint density at radius 1 is 1.67 bits per heavy atom. The van der Waals surface area contributed by atoms with Crippen LogP contribution in [0.15, 0.2) is 6.20 Å². The van der Waals surface area contributed by atoms with Crippen molar-refractivity contribution in [1.82, 2.24) is 9.97 Å². The summed E-state index contributed by atoms with van der Waals surface area (Å²) >= 11 is 8.78. The van der Waals surface area contributed by atoms with Crippen LogP contribution < -0.4 is 5.73 Å². The standard InChI is InChI=1S/C7H5BrClN3/c8-3-1-2-5-4-11-7(10)6(9)12-5/h4H,3H2,(H2,10,11). The molecule has 12 heavy (non-hydrogen) atoms. The van der Waals surface area contributed by atoms with Crippen molar-refractivity contribution in [2.45, 2.75) is 0 Å². The number of aromatic nitrogens is 2. The molecule has 0 amide bonds. The Bertz CT molecular complexity index is 342. The number of anilines is 1. The minimum Gasteiger partial charge on any atom is -0.381 e. The van der Waals surface area contributed by atoms with Crippen molar-refractivity contribution in [3.8, 4) is 11.8 Å². The predicted octanol–water partition coefficient (Wildman–Crippen LogP) is 1.46. The van der Waals surface area contributed by atoms with Crippen LogP contribution in [-0.4, -0.2) is 15.3 Å². The summed E-state index contributed by atoms with van der Waals surface area (Å²) in [6.45, 7) is 0. The zero-order chi connectivity index (χ0) is 8.97. The Hall–Kier alpha value is -0.790. The highest BCUT2D eigenvalue weighted by molar-refractivity contribution is 9.09. The molecule has 0 atom stereocenters. The van der Waals surface area contributed by atoms with Gasteiger partial charge in [-0.1, -0.05) is 33.5 Å². The Kier molecular flexibility index (Phi) is 3.32. The van der Waals surface area contributed by atoms with Crippen LogP contribution in [0.3, 0.4) is 0 Å². The Labute approximate surface area is 83.5 Å². The van der Waals surface area contributed by atoms with E-state index in [9.17, 15) is 0 Å². The van der Waals surface area contributed by atoms with Gasteiger partial charge >= 0.3 is 0 Å². The molecule has 0 aliphatic heterocycles. The van der Waals surface area contributed by atoms with Crippen LogP contribution in [0.1, 0.15) is 5.69 Å². The van der Waals surface area contributed by atoms with Crippen LogP contribution in [0.25, 0.3) is 0 Å². The number of rotatable bonds is 0. The summed E-state index contributed by atoms with van der Waals surface area (Å²) in [5.74, 6) is 5.75. The molecular weight excluding hydrogens is 241 g/mol. The second-order valence-electron chi connectivity index (χ2n) is 1.87. The fourth-order valence-electron chi connectivity index (χ4n) is 0.560. The molecule has 1 aromatic heterocycles.